The maximum Gasteiger partial charge on any atom is 0.275 e. The van der Waals surface area contributed by atoms with Gasteiger partial charge in [0.25, 0.3) is 11.8 Å². The minimum atomic E-state index is -4.10. The summed E-state index contributed by atoms with van der Waals surface area (Å²) in [5.41, 5.74) is 5.97. The lowest BCUT2D eigenvalue weighted by Gasteiger charge is -2.31. The van der Waals surface area contributed by atoms with Crippen molar-refractivity contribution in [1.29, 1.82) is 0 Å². The van der Waals surface area contributed by atoms with Crippen molar-refractivity contribution >= 4 is 33.4 Å². The van der Waals surface area contributed by atoms with Gasteiger partial charge in [-0.15, -0.1) is 0 Å². The largest absolute Gasteiger partial charge is 0.398 e. The van der Waals surface area contributed by atoms with Gasteiger partial charge in [0.1, 0.15) is 5.82 Å². The molecule has 0 fully saturated rings. The first kappa shape index (κ1) is 23.4. The van der Waals surface area contributed by atoms with E-state index < -0.39 is 44.3 Å². The topological polar surface area (TPSA) is 123 Å². The van der Waals surface area contributed by atoms with E-state index >= 15 is 0 Å². The number of anilines is 2. The summed E-state index contributed by atoms with van der Waals surface area (Å²) in [6.45, 7) is 1.43. The number of fused-ring (bicyclic) bond motifs is 1. The fourth-order valence-corrected chi connectivity index (χ4v) is 5.57. The van der Waals surface area contributed by atoms with Gasteiger partial charge in [-0.2, -0.15) is 0 Å². The minimum absolute atomic E-state index is 0.0423. The van der Waals surface area contributed by atoms with E-state index in [0.29, 0.717) is 17.7 Å². The van der Waals surface area contributed by atoms with Gasteiger partial charge in [-0.05, 0) is 30.7 Å². The Kier molecular flexibility index (Phi) is 5.90. The van der Waals surface area contributed by atoms with Gasteiger partial charge in [0.15, 0.2) is 16.1 Å². The summed E-state index contributed by atoms with van der Waals surface area (Å²) in [5.74, 6) is -4.38. The highest BCUT2D eigenvalue weighted by Crippen LogP contribution is 2.45. The molecule has 3 aromatic rings. The highest BCUT2D eigenvalue weighted by molar-refractivity contribution is 7.91. The van der Waals surface area contributed by atoms with Gasteiger partial charge < -0.3 is 10.6 Å². The molecule has 1 aliphatic heterocycles. The molecule has 8 nitrogen and oxygen atoms in total. The molecule has 1 aliphatic rings. The van der Waals surface area contributed by atoms with Crippen molar-refractivity contribution in [2.24, 2.45) is 0 Å². The number of alkyl halides is 2. The number of aldehydes is 1. The highest BCUT2D eigenvalue weighted by Gasteiger charge is 2.45. The first-order chi connectivity index (χ1) is 16.0. The summed E-state index contributed by atoms with van der Waals surface area (Å²) in [7, 11) is -4.10. The lowest BCUT2D eigenvalue weighted by molar-refractivity contribution is -0.0126. The molecule has 0 atom stereocenters. The molecule has 0 bridgehead atoms. The van der Waals surface area contributed by atoms with Crippen molar-refractivity contribution in [3.63, 3.8) is 0 Å². The van der Waals surface area contributed by atoms with Gasteiger partial charge in [-0.25, -0.2) is 27.2 Å². The van der Waals surface area contributed by atoms with E-state index in [4.69, 9.17) is 5.73 Å². The van der Waals surface area contributed by atoms with Crippen molar-refractivity contribution in [2.75, 3.05) is 16.4 Å². The van der Waals surface area contributed by atoms with Gasteiger partial charge >= 0.3 is 0 Å². The number of hydrogen-bond donors (Lipinski definition) is 1. The lowest BCUT2D eigenvalue weighted by atomic mass is 10.0. The van der Waals surface area contributed by atoms with Crippen LogP contribution in [0.4, 0.5) is 20.2 Å². The van der Waals surface area contributed by atoms with Crippen molar-refractivity contribution in [1.82, 2.24) is 9.97 Å². The van der Waals surface area contributed by atoms with Crippen LogP contribution in [0, 0.1) is 6.92 Å². The molecule has 176 valence electrons. The zero-order valence-corrected chi connectivity index (χ0v) is 18.9. The van der Waals surface area contributed by atoms with Crippen LogP contribution in [-0.4, -0.2) is 36.3 Å². The van der Waals surface area contributed by atoms with Crippen LogP contribution < -0.4 is 10.6 Å². The Morgan fingerprint density at radius 1 is 1.21 bits per heavy atom. The fourth-order valence-electron chi connectivity index (χ4n) is 3.79. The molecule has 0 saturated carbocycles. The van der Waals surface area contributed by atoms with Crippen LogP contribution >= 0.6 is 0 Å². The van der Waals surface area contributed by atoms with Crippen LogP contribution in [0.1, 0.15) is 44.1 Å². The zero-order valence-electron chi connectivity index (χ0n) is 18.0. The second-order valence-corrected chi connectivity index (χ2v) is 9.96. The average molecular weight is 487 g/mol. The second kappa shape index (κ2) is 8.56. The Morgan fingerprint density at radius 3 is 2.56 bits per heavy atom. The zero-order chi connectivity index (χ0) is 24.7. The molecule has 1 amide bonds. The molecule has 2 aromatic carbocycles. The van der Waals surface area contributed by atoms with Crippen molar-refractivity contribution in [3.8, 4) is 0 Å². The van der Waals surface area contributed by atoms with E-state index in [1.807, 2.05) is 0 Å². The summed E-state index contributed by atoms with van der Waals surface area (Å²) in [5, 5.41) is 0. The SMILES string of the molecule is Cc1ncc(C(=O)N(Cc2ccc(C=O)c(N)c2)c2cccc3c2S(=O)(=O)CCC3(F)F)cn1. The molecule has 4 rings (SSSR count). The highest BCUT2D eigenvalue weighted by atomic mass is 32.2. The third-order valence-electron chi connectivity index (χ3n) is 5.57. The maximum atomic E-state index is 14.7. The normalized spacial score (nSPS) is 15.9. The van der Waals surface area contributed by atoms with Crippen molar-refractivity contribution in [2.45, 2.75) is 30.7 Å². The number of carbonyl (C=O) groups is 2. The molecule has 0 spiro atoms. The monoisotopic (exact) mass is 486 g/mol. The molecule has 0 saturated heterocycles. The molecule has 2 N–H and O–H groups in total. The Morgan fingerprint density at radius 2 is 1.91 bits per heavy atom. The molecular formula is C23H20F2N4O4S. The summed E-state index contributed by atoms with van der Waals surface area (Å²) in [6, 6.07) is 8.13. The molecule has 0 radical (unpaired) electrons. The Labute approximate surface area is 194 Å². The van der Waals surface area contributed by atoms with Gasteiger partial charge in [0, 0.05) is 35.6 Å². The predicted octanol–water partition coefficient (Wildman–Crippen LogP) is 3.30. The number of rotatable bonds is 5. The number of nitrogens with two attached hydrogens (primary N) is 1. The summed E-state index contributed by atoms with van der Waals surface area (Å²) < 4.78 is 55.2. The number of nitrogens with zero attached hydrogens (tertiary/aromatic N) is 3. The Hall–Kier alpha value is -3.73. The van der Waals surface area contributed by atoms with Gasteiger partial charge in [0.2, 0.25) is 0 Å². The second-order valence-electron chi connectivity index (χ2n) is 7.92. The van der Waals surface area contributed by atoms with Crippen LogP contribution in [0.2, 0.25) is 0 Å². The van der Waals surface area contributed by atoms with Crippen molar-refractivity contribution in [3.05, 3.63) is 76.9 Å². The minimum Gasteiger partial charge on any atom is -0.398 e. The van der Waals surface area contributed by atoms with Gasteiger partial charge in [0.05, 0.1) is 28.4 Å². The summed E-state index contributed by atoms with van der Waals surface area (Å²) in [6.07, 6.45) is 2.29. The summed E-state index contributed by atoms with van der Waals surface area (Å²) >= 11 is 0. The first-order valence-electron chi connectivity index (χ1n) is 10.2. The molecular weight excluding hydrogens is 466 g/mol. The van der Waals surface area contributed by atoms with Crippen LogP contribution in [-0.2, 0) is 22.3 Å². The number of aromatic nitrogens is 2. The van der Waals surface area contributed by atoms with Gasteiger partial charge in [-0.3, -0.25) is 9.59 Å². The lowest BCUT2D eigenvalue weighted by Crippen LogP contribution is -2.35. The van der Waals surface area contributed by atoms with Gasteiger partial charge in [-0.1, -0.05) is 18.2 Å². The number of carbonyl (C=O) groups excluding carboxylic acids is 2. The van der Waals surface area contributed by atoms with Crippen LogP contribution in [0.5, 0.6) is 0 Å². The smallest absolute Gasteiger partial charge is 0.275 e. The van der Waals surface area contributed by atoms with E-state index in [2.05, 4.69) is 9.97 Å². The number of hydrogen-bond acceptors (Lipinski definition) is 7. The number of sulfone groups is 1. The standard InChI is InChI=1S/C23H20F2N4O4S/c1-14-27-10-17(11-28-14)22(31)29(12-15-5-6-16(13-30)19(26)9-15)20-4-2-3-18-21(20)34(32,33)8-7-23(18,24)25/h2-6,9-11,13H,7-8,12,26H2,1H3. The maximum absolute atomic E-state index is 14.7. The number of benzene rings is 2. The first-order valence-corrected chi connectivity index (χ1v) is 11.9. The Bertz CT molecular complexity index is 1390. The number of amides is 1. The Balaban J connectivity index is 1.90. The average Bonchev–Trinajstić information content (AvgIpc) is 2.80. The number of aryl methyl sites for hydroxylation is 1. The third kappa shape index (κ3) is 4.26. The quantitative estimate of drug-likeness (QED) is 0.434. The fraction of sp³-hybridized carbons (Fsp3) is 0.217. The molecule has 1 aromatic heterocycles. The molecule has 11 heteroatoms. The molecule has 34 heavy (non-hydrogen) atoms. The van der Waals surface area contributed by atoms with Crippen LogP contribution in [0.25, 0.3) is 0 Å². The number of halogens is 2. The van der Waals surface area contributed by atoms with E-state index in [1.54, 1.807) is 13.0 Å². The number of nitrogen functional groups attached to an aromatic ring is 1. The van der Waals surface area contributed by atoms with Crippen LogP contribution in [0.15, 0.2) is 53.7 Å². The van der Waals surface area contributed by atoms with Crippen LogP contribution in [0.3, 0.4) is 0 Å². The third-order valence-corrected chi connectivity index (χ3v) is 7.36. The molecule has 2 heterocycles. The molecule has 0 unspecified atom stereocenters. The van der Waals surface area contributed by atoms with E-state index in [9.17, 15) is 26.8 Å². The van der Waals surface area contributed by atoms with E-state index in [1.165, 1.54) is 36.7 Å². The predicted molar refractivity (Wildman–Crippen MR) is 121 cm³/mol. The van der Waals surface area contributed by atoms with E-state index in [-0.39, 0.29) is 29.0 Å². The van der Waals surface area contributed by atoms with E-state index in [0.717, 1.165) is 11.0 Å². The van der Waals surface area contributed by atoms with Crippen molar-refractivity contribution < 1.29 is 26.8 Å². The molecule has 0 aliphatic carbocycles. The summed E-state index contributed by atoms with van der Waals surface area (Å²) in [4.78, 5) is 33.1.